The van der Waals surface area contributed by atoms with E-state index >= 15 is 0 Å². The number of ether oxygens (including phenoxy) is 2. The molecule has 0 aromatic heterocycles. The zero-order chi connectivity index (χ0) is 10.4. The van der Waals surface area contributed by atoms with Crippen molar-refractivity contribution in [2.45, 2.75) is 51.4 Å². The van der Waals surface area contributed by atoms with Crippen molar-refractivity contribution in [3.05, 3.63) is 0 Å². The molecular formula is C11H20O3. The van der Waals surface area contributed by atoms with Gasteiger partial charge in [0, 0.05) is 11.8 Å². The molecule has 3 nitrogen and oxygen atoms in total. The molecule has 1 atom stereocenters. The van der Waals surface area contributed by atoms with Crippen molar-refractivity contribution < 1.29 is 14.6 Å². The van der Waals surface area contributed by atoms with Crippen molar-refractivity contribution in [1.82, 2.24) is 0 Å². The number of rotatable bonds is 0. The van der Waals surface area contributed by atoms with E-state index < -0.39 is 11.4 Å². The summed E-state index contributed by atoms with van der Waals surface area (Å²) in [7, 11) is 0. The molecule has 2 fully saturated rings. The number of hydrogen-bond acceptors (Lipinski definition) is 3. The van der Waals surface area contributed by atoms with Crippen LogP contribution in [0.2, 0.25) is 0 Å². The van der Waals surface area contributed by atoms with E-state index in [1.54, 1.807) is 0 Å². The van der Waals surface area contributed by atoms with Gasteiger partial charge in [0.2, 0.25) is 0 Å². The van der Waals surface area contributed by atoms with E-state index in [0.29, 0.717) is 13.2 Å². The molecule has 2 rings (SSSR count). The van der Waals surface area contributed by atoms with Crippen molar-refractivity contribution in [3.63, 3.8) is 0 Å². The Kier molecular flexibility index (Phi) is 2.18. The van der Waals surface area contributed by atoms with Gasteiger partial charge >= 0.3 is 0 Å². The highest BCUT2D eigenvalue weighted by atomic mass is 16.7. The van der Waals surface area contributed by atoms with Gasteiger partial charge in [-0.1, -0.05) is 13.8 Å². The molecule has 1 unspecified atom stereocenters. The third-order valence-electron chi connectivity index (χ3n) is 4.22. The van der Waals surface area contributed by atoms with Gasteiger partial charge in [-0.05, 0) is 19.8 Å². The maximum atomic E-state index is 10.4. The zero-order valence-electron chi connectivity index (χ0n) is 9.30. The zero-order valence-corrected chi connectivity index (χ0v) is 9.30. The van der Waals surface area contributed by atoms with Crippen LogP contribution in [0.1, 0.15) is 40.0 Å². The van der Waals surface area contributed by atoms with Crippen molar-refractivity contribution in [3.8, 4) is 0 Å². The lowest BCUT2D eigenvalue weighted by atomic mass is 9.62. The van der Waals surface area contributed by atoms with Crippen LogP contribution in [-0.4, -0.2) is 29.7 Å². The molecule has 0 radical (unpaired) electrons. The van der Waals surface area contributed by atoms with Crippen LogP contribution in [0.5, 0.6) is 0 Å². The molecule has 1 N–H and O–H groups in total. The Bertz CT molecular complexity index is 227. The second-order valence-corrected chi connectivity index (χ2v) is 5.20. The molecule has 3 heteroatoms. The highest BCUT2D eigenvalue weighted by Crippen LogP contribution is 2.53. The van der Waals surface area contributed by atoms with Crippen molar-refractivity contribution >= 4 is 0 Å². The molecule has 1 aliphatic carbocycles. The third-order valence-corrected chi connectivity index (χ3v) is 4.22. The van der Waals surface area contributed by atoms with Crippen molar-refractivity contribution in [2.24, 2.45) is 5.41 Å². The highest BCUT2D eigenvalue weighted by molar-refractivity contribution is 5.04. The molecular weight excluding hydrogens is 180 g/mol. The van der Waals surface area contributed by atoms with Crippen LogP contribution in [0.3, 0.4) is 0 Å². The Balaban J connectivity index is 2.33. The lowest BCUT2D eigenvalue weighted by molar-refractivity contribution is -0.297. The van der Waals surface area contributed by atoms with Crippen LogP contribution in [-0.2, 0) is 9.47 Å². The first-order valence-corrected chi connectivity index (χ1v) is 5.42. The molecule has 0 aromatic rings. The summed E-state index contributed by atoms with van der Waals surface area (Å²) >= 11 is 0. The predicted molar refractivity (Wildman–Crippen MR) is 52.9 cm³/mol. The fraction of sp³-hybridized carbons (Fsp3) is 1.00. The summed E-state index contributed by atoms with van der Waals surface area (Å²) in [5.41, 5.74) is -1.04. The van der Waals surface area contributed by atoms with Crippen molar-refractivity contribution in [2.75, 3.05) is 13.2 Å². The smallest absolute Gasteiger partial charge is 0.176 e. The first-order chi connectivity index (χ1) is 6.41. The fourth-order valence-corrected chi connectivity index (χ4v) is 2.66. The van der Waals surface area contributed by atoms with Gasteiger partial charge in [0.1, 0.15) is 0 Å². The summed E-state index contributed by atoms with van der Waals surface area (Å²) in [6.07, 6.45) is 2.70. The van der Waals surface area contributed by atoms with Gasteiger partial charge in [-0.25, -0.2) is 0 Å². The van der Waals surface area contributed by atoms with Crippen LogP contribution in [0, 0.1) is 5.41 Å². The Morgan fingerprint density at radius 1 is 1.00 bits per heavy atom. The predicted octanol–water partition coefficient (Wildman–Crippen LogP) is 1.69. The molecule has 1 spiro atoms. The standard InChI is InChI=1S/C11H20O3/c1-9(2)10(3,12)5-4-6-11(9)13-7-8-14-11/h12H,4-8H2,1-3H3. The first-order valence-electron chi connectivity index (χ1n) is 5.42. The second-order valence-electron chi connectivity index (χ2n) is 5.20. The van der Waals surface area contributed by atoms with Gasteiger partial charge in [-0.3, -0.25) is 0 Å². The largest absolute Gasteiger partial charge is 0.389 e. The Morgan fingerprint density at radius 2 is 1.57 bits per heavy atom. The summed E-state index contributed by atoms with van der Waals surface area (Å²) in [4.78, 5) is 0. The van der Waals surface area contributed by atoms with E-state index in [1.165, 1.54) is 0 Å². The summed E-state index contributed by atoms with van der Waals surface area (Å²) in [6.45, 7) is 7.27. The Hall–Kier alpha value is -0.120. The first kappa shape index (κ1) is 10.4. The molecule has 14 heavy (non-hydrogen) atoms. The molecule has 2 aliphatic rings. The van der Waals surface area contributed by atoms with E-state index in [2.05, 4.69) is 0 Å². The average Bonchev–Trinajstić information content (AvgIpc) is 2.51. The average molecular weight is 200 g/mol. The van der Waals surface area contributed by atoms with Gasteiger partial charge in [-0.2, -0.15) is 0 Å². The Morgan fingerprint density at radius 3 is 2.14 bits per heavy atom. The topological polar surface area (TPSA) is 38.7 Å². The van der Waals surface area contributed by atoms with Gasteiger partial charge < -0.3 is 14.6 Å². The maximum Gasteiger partial charge on any atom is 0.176 e. The maximum absolute atomic E-state index is 10.4. The van der Waals surface area contributed by atoms with Crippen LogP contribution >= 0.6 is 0 Å². The molecule has 1 saturated heterocycles. The summed E-state index contributed by atoms with van der Waals surface area (Å²) in [5.74, 6) is -0.547. The van der Waals surface area contributed by atoms with Crippen LogP contribution in [0.25, 0.3) is 0 Å². The minimum absolute atomic E-state index is 0.339. The molecule has 1 saturated carbocycles. The lowest BCUT2D eigenvalue weighted by Crippen LogP contribution is -2.61. The molecule has 1 heterocycles. The normalized spacial score (nSPS) is 40.3. The quantitative estimate of drug-likeness (QED) is 0.646. The van der Waals surface area contributed by atoms with E-state index in [4.69, 9.17) is 9.47 Å². The minimum Gasteiger partial charge on any atom is -0.389 e. The summed E-state index contributed by atoms with van der Waals surface area (Å²) in [5, 5.41) is 10.4. The fourth-order valence-electron chi connectivity index (χ4n) is 2.66. The van der Waals surface area contributed by atoms with Crippen molar-refractivity contribution in [1.29, 1.82) is 0 Å². The number of aliphatic hydroxyl groups is 1. The van der Waals surface area contributed by atoms with E-state index in [-0.39, 0.29) is 5.41 Å². The SMILES string of the molecule is CC1(O)CCCC2(OCCO2)C1(C)C. The van der Waals surface area contributed by atoms with Gasteiger partial charge in [-0.15, -0.1) is 0 Å². The Labute approximate surface area is 85.4 Å². The molecule has 0 aromatic carbocycles. The monoisotopic (exact) mass is 200 g/mol. The summed E-state index contributed by atoms with van der Waals surface area (Å²) < 4.78 is 11.5. The van der Waals surface area contributed by atoms with E-state index in [1.807, 2.05) is 20.8 Å². The van der Waals surface area contributed by atoms with Gasteiger partial charge in [0.15, 0.2) is 5.79 Å². The molecule has 0 amide bonds. The summed E-state index contributed by atoms with van der Waals surface area (Å²) in [6, 6.07) is 0. The second kappa shape index (κ2) is 2.94. The molecule has 1 aliphatic heterocycles. The van der Waals surface area contributed by atoms with E-state index in [9.17, 15) is 5.11 Å². The van der Waals surface area contributed by atoms with Crippen LogP contribution in [0.4, 0.5) is 0 Å². The minimum atomic E-state index is -0.699. The highest BCUT2D eigenvalue weighted by Gasteiger charge is 2.60. The van der Waals surface area contributed by atoms with E-state index in [0.717, 1.165) is 19.3 Å². The van der Waals surface area contributed by atoms with Gasteiger partial charge in [0.25, 0.3) is 0 Å². The van der Waals surface area contributed by atoms with Gasteiger partial charge in [0.05, 0.1) is 18.8 Å². The van der Waals surface area contributed by atoms with Crippen LogP contribution < -0.4 is 0 Å². The van der Waals surface area contributed by atoms with Crippen LogP contribution in [0.15, 0.2) is 0 Å². The molecule has 82 valence electrons. The lowest BCUT2D eigenvalue weighted by Gasteiger charge is -2.54. The number of hydrogen-bond donors (Lipinski definition) is 1. The molecule has 0 bridgehead atoms. The third kappa shape index (κ3) is 1.16.